The van der Waals surface area contributed by atoms with E-state index >= 15 is 0 Å². The smallest absolute Gasteiger partial charge is 0.407 e. The van der Waals surface area contributed by atoms with E-state index in [0.717, 1.165) is 40.0 Å². The van der Waals surface area contributed by atoms with Gasteiger partial charge in [-0.25, -0.2) is 14.4 Å². The maximum atomic E-state index is 12.8. The van der Waals surface area contributed by atoms with Gasteiger partial charge in [0.05, 0.1) is 35.9 Å². The van der Waals surface area contributed by atoms with Crippen molar-refractivity contribution in [3.63, 3.8) is 0 Å². The van der Waals surface area contributed by atoms with Crippen LogP contribution in [0.4, 0.5) is 4.79 Å². The van der Waals surface area contributed by atoms with E-state index in [1.54, 1.807) is 45.0 Å². The summed E-state index contributed by atoms with van der Waals surface area (Å²) in [4.78, 5) is 36.6. The molecule has 318 valence electrons. The Morgan fingerprint density at radius 1 is 0.850 bits per heavy atom. The molecular formula is C46H51Cl2N3O9. The third-order valence-corrected chi connectivity index (χ3v) is 9.65. The van der Waals surface area contributed by atoms with Gasteiger partial charge in [-0.05, 0) is 118 Å². The van der Waals surface area contributed by atoms with E-state index in [4.69, 9.17) is 46.9 Å². The van der Waals surface area contributed by atoms with Crippen LogP contribution >= 0.6 is 23.2 Å². The minimum Gasteiger partial charge on any atom is -0.493 e. The number of carbonyl (C=O) groups is 3. The molecule has 0 aromatic heterocycles. The molecule has 1 amide bonds. The predicted octanol–water partition coefficient (Wildman–Crippen LogP) is 9.81. The number of carboxylic acids is 1. The van der Waals surface area contributed by atoms with Gasteiger partial charge in [-0.15, -0.1) is 11.6 Å². The lowest BCUT2D eigenvalue weighted by Gasteiger charge is -2.19. The van der Waals surface area contributed by atoms with Crippen LogP contribution in [0, 0.1) is 25.2 Å². The van der Waals surface area contributed by atoms with Crippen molar-refractivity contribution in [2.45, 2.75) is 79.2 Å². The average Bonchev–Trinajstić information content (AvgIpc) is 3.21. The molecule has 0 aliphatic heterocycles. The first-order chi connectivity index (χ1) is 28.6. The number of aromatic carboxylic acids is 1. The number of alkyl carbamates (subject to hydrolysis) is 1. The molecule has 0 unspecified atom stereocenters. The largest absolute Gasteiger partial charge is 0.493 e. The molecule has 4 aromatic rings. The summed E-state index contributed by atoms with van der Waals surface area (Å²) in [6, 6.07) is 21.5. The molecule has 0 heterocycles. The van der Waals surface area contributed by atoms with Crippen LogP contribution in [-0.4, -0.2) is 54.9 Å². The SMILES string of the molecule is COC(=O)/C(=C\CCCNC(=O)OC(C)(C)C)NCc1cc(Cl)c(OCc2cccc(-c3cccc(OCCCCl)c3C)c2C)cc1OCc1cc(C#N)cc(C(=O)O)c1. The molecule has 0 saturated heterocycles. The second kappa shape index (κ2) is 22.5. The van der Waals surface area contributed by atoms with Gasteiger partial charge in [0.25, 0.3) is 0 Å². The lowest BCUT2D eigenvalue weighted by molar-refractivity contribution is -0.136. The summed E-state index contributed by atoms with van der Waals surface area (Å²) in [5, 5.41) is 25.2. The van der Waals surface area contributed by atoms with Crippen molar-refractivity contribution in [1.82, 2.24) is 10.6 Å². The van der Waals surface area contributed by atoms with Crippen LogP contribution in [0.1, 0.15) is 83.8 Å². The third kappa shape index (κ3) is 13.9. The molecule has 0 saturated carbocycles. The highest BCUT2D eigenvalue weighted by molar-refractivity contribution is 6.32. The zero-order valence-corrected chi connectivity index (χ0v) is 36.2. The second-order valence-corrected chi connectivity index (χ2v) is 15.5. The maximum Gasteiger partial charge on any atom is 0.407 e. The highest BCUT2D eigenvalue weighted by atomic mass is 35.5. The fourth-order valence-corrected chi connectivity index (χ4v) is 6.40. The van der Waals surface area contributed by atoms with E-state index in [2.05, 4.69) is 22.8 Å². The van der Waals surface area contributed by atoms with Crippen LogP contribution in [0.15, 0.2) is 78.5 Å². The van der Waals surface area contributed by atoms with E-state index < -0.39 is 23.6 Å². The first kappa shape index (κ1) is 46.8. The first-order valence-electron chi connectivity index (χ1n) is 19.4. The van der Waals surface area contributed by atoms with Gasteiger partial charge in [0.1, 0.15) is 41.8 Å². The number of hydrogen-bond donors (Lipinski definition) is 3. The van der Waals surface area contributed by atoms with Crippen molar-refractivity contribution >= 4 is 41.2 Å². The van der Waals surface area contributed by atoms with Gasteiger partial charge < -0.3 is 39.4 Å². The Hall–Kier alpha value is -5.90. The number of amides is 1. The van der Waals surface area contributed by atoms with Gasteiger partial charge in [-0.1, -0.05) is 48.0 Å². The number of ether oxygens (including phenoxy) is 5. The molecule has 4 rings (SSSR count). The lowest BCUT2D eigenvalue weighted by Crippen LogP contribution is -2.33. The number of carboxylic acid groups (broad SMARTS) is 1. The summed E-state index contributed by atoms with van der Waals surface area (Å²) in [6.07, 6.45) is 2.84. The van der Waals surface area contributed by atoms with Gasteiger partial charge in [0, 0.05) is 30.6 Å². The second-order valence-electron chi connectivity index (χ2n) is 14.7. The van der Waals surface area contributed by atoms with Crippen LogP contribution < -0.4 is 24.8 Å². The zero-order chi connectivity index (χ0) is 43.8. The number of nitrogens with zero attached hydrogens (tertiary/aromatic N) is 1. The molecule has 60 heavy (non-hydrogen) atoms. The zero-order valence-electron chi connectivity index (χ0n) is 34.7. The Kier molecular flexibility index (Phi) is 17.5. The molecule has 0 spiro atoms. The molecule has 0 aliphatic rings. The molecule has 14 heteroatoms. The van der Waals surface area contributed by atoms with Gasteiger partial charge in [-0.2, -0.15) is 5.26 Å². The van der Waals surface area contributed by atoms with Crippen molar-refractivity contribution in [3.8, 4) is 34.4 Å². The number of halogens is 2. The highest BCUT2D eigenvalue weighted by Crippen LogP contribution is 2.36. The summed E-state index contributed by atoms with van der Waals surface area (Å²) in [6.45, 7) is 10.4. The summed E-state index contributed by atoms with van der Waals surface area (Å²) >= 11 is 12.7. The maximum absolute atomic E-state index is 12.8. The Balaban J connectivity index is 1.59. The van der Waals surface area contributed by atoms with Crippen LogP contribution in [0.25, 0.3) is 11.1 Å². The van der Waals surface area contributed by atoms with E-state index in [9.17, 15) is 24.8 Å². The number of hydrogen-bond acceptors (Lipinski definition) is 10. The Morgan fingerprint density at radius 3 is 2.25 bits per heavy atom. The average molecular weight is 861 g/mol. The minimum absolute atomic E-state index is 0.0535. The van der Waals surface area contributed by atoms with Crippen LogP contribution in [0.2, 0.25) is 5.02 Å². The number of benzene rings is 4. The number of nitriles is 1. The number of esters is 1. The number of methoxy groups -OCH3 is 1. The van der Waals surface area contributed by atoms with E-state index in [0.29, 0.717) is 54.5 Å². The quantitative estimate of drug-likeness (QED) is 0.0335. The number of rotatable bonds is 20. The summed E-state index contributed by atoms with van der Waals surface area (Å²) in [5.41, 5.74) is 5.69. The Bertz CT molecular complexity index is 2230. The van der Waals surface area contributed by atoms with Gasteiger partial charge in [0.15, 0.2) is 0 Å². The van der Waals surface area contributed by atoms with E-state index in [-0.39, 0.29) is 41.6 Å². The highest BCUT2D eigenvalue weighted by Gasteiger charge is 2.18. The van der Waals surface area contributed by atoms with Crippen molar-refractivity contribution in [2.24, 2.45) is 0 Å². The molecule has 0 radical (unpaired) electrons. The molecule has 0 aliphatic carbocycles. The fourth-order valence-electron chi connectivity index (χ4n) is 6.05. The Morgan fingerprint density at radius 2 is 1.57 bits per heavy atom. The van der Waals surface area contributed by atoms with Crippen molar-refractivity contribution in [3.05, 3.63) is 122 Å². The first-order valence-corrected chi connectivity index (χ1v) is 20.3. The number of carbonyl (C=O) groups excluding carboxylic acids is 2. The summed E-state index contributed by atoms with van der Waals surface area (Å²) < 4.78 is 28.9. The van der Waals surface area contributed by atoms with Crippen LogP contribution in [-0.2, 0) is 34.0 Å². The predicted molar refractivity (Wildman–Crippen MR) is 231 cm³/mol. The lowest BCUT2D eigenvalue weighted by atomic mass is 9.93. The van der Waals surface area contributed by atoms with Crippen molar-refractivity contribution in [1.29, 1.82) is 5.26 Å². The van der Waals surface area contributed by atoms with Crippen molar-refractivity contribution in [2.75, 3.05) is 26.1 Å². The molecule has 0 fully saturated rings. The molecule has 0 atom stereocenters. The van der Waals surface area contributed by atoms with Crippen molar-refractivity contribution < 1.29 is 43.2 Å². The number of alkyl halides is 1. The van der Waals surface area contributed by atoms with Gasteiger partial charge in [-0.3, -0.25) is 0 Å². The van der Waals surface area contributed by atoms with Gasteiger partial charge in [0.2, 0.25) is 0 Å². The molecule has 12 nitrogen and oxygen atoms in total. The molecule has 0 bridgehead atoms. The molecule has 3 N–H and O–H groups in total. The molecule has 4 aromatic carbocycles. The van der Waals surface area contributed by atoms with Gasteiger partial charge >= 0.3 is 18.0 Å². The fraction of sp³-hybridized carbons (Fsp3) is 0.348. The Labute approximate surface area is 361 Å². The molecular weight excluding hydrogens is 809 g/mol. The topological polar surface area (TPSA) is 165 Å². The monoisotopic (exact) mass is 859 g/mol. The minimum atomic E-state index is -1.18. The van der Waals surface area contributed by atoms with Crippen LogP contribution in [0.5, 0.6) is 17.2 Å². The third-order valence-electron chi connectivity index (χ3n) is 9.09. The summed E-state index contributed by atoms with van der Waals surface area (Å²) in [7, 11) is 1.27. The van der Waals surface area contributed by atoms with E-state index in [1.165, 1.54) is 19.2 Å². The normalized spacial score (nSPS) is 11.3. The number of nitrogens with one attached hydrogen (secondary N) is 2. The summed E-state index contributed by atoms with van der Waals surface area (Å²) in [5.74, 6) is 0.196. The standard InChI is InChI=1S/C46H51Cl2N3O9/c1-29-33(12-9-13-36(29)37-14-10-16-40(30(37)2)57-19-11-17-47)28-59-42-24-41(58-27-32-20-31(25-49)21-34(22-32)43(52)53)35(23-38(42)48)26-51-39(44(54)56-6)15-7-8-18-50-45(55)60-46(3,4)5/h9-10,12-16,20-24,51H,7-8,11,17-19,26-28H2,1-6H3,(H,50,55)(H,52,53)/b39-15+. The number of unbranched alkanes of at least 4 members (excludes halogenated alkanes) is 1. The van der Waals surface area contributed by atoms with Crippen LogP contribution in [0.3, 0.4) is 0 Å². The number of allylic oxidation sites excluding steroid dienone is 1. The van der Waals surface area contributed by atoms with E-state index in [1.807, 2.05) is 44.2 Å².